The summed E-state index contributed by atoms with van der Waals surface area (Å²) in [4.78, 5) is 34.9. The number of aromatic nitrogens is 2. The number of rotatable bonds is 14. The van der Waals surface area contributed by atoms with Gasteiger partial charge in [-0.25, -0.2) is 19.6 Å². The monoisotopic (exact) mass is 430 g/mol. The second-order valence-electron chi connectivity index (χ2n) is 6.21. The van der Waals surface area contributed by atoms with Crippen molar-refractivity contribution in [1.82, 2.24) is 19.8 Å². The van der Waals surface area contributed by atoms with E-state index in [2.05, 4.69) is 9.97 Å². The van der Waals surface area contributed by atoms with Crippen LogP contribution in [0.3, 0.4) is 0 Å². The summed E-state index contributed by atoms with van der Waals surface area (Å²) < 4.78 is 10.4. The molecule has 4 N–H and O–H groups in total. The third kappa shape index (κ3) is 9.78. The van der Waals surface area contributed by atoms with E-state index < -0.39 is 12.2 Å². The molecule has 30 heavy (non-hydrogen) atoms. The zero-order valence-electron chi connectivity index (χ0n) is 16.9. The van der Waals surface area contributed by atoms with Gasteiger partial charge in [-0.2, -0.15) is 0 Å². The summed E-state index contributed by atoms with van der Waals surface area (Å²) in [5, 5.41) is 35.8. The van der Waals surface area contributed by atoms with Crippen LogP contribution in [0.15, 0.2) is 12.4 Å². The van der Waals surface area contributed by atoms with E-state index in [4.69, 9.17) is 29.9 Å². The van der Waals surface area contributed by atoms with Crippen LogP contribution in [0, 0.1) is 0 Å². The predicted octanol–water partition coefficient (Wildman–Crippen LogP) is -0.392. The van der Waals surface area contributed by atoms with Crippen molar-refractivity contribution in [3.05, 3.63) is 12.4 Å². The Labute approximate surface area is 174 Å². The fourth-order valence-electron chi connectivity index (χ4n) is 2.38. The Morgan fingerprint density at radius 2 is 1.03 bits per heavy atom. The van der Waals surface area contributed by atoms with Gasteiger partial charge < -0.3 is 39.7 Å². The number of hydrogen-bond donors (Lipinski definition) is 4. The summed E-state index contributed by atoms with van der Waals surface area (Å²) in [5.74, 6) is -0.263. The molecule has 0 aliphatic heterocycles. The van der Waals surface area contributed by atoms with Gasteiger partial charge >= 0.3 is 12.2 Å². The summed E-state index contributed by atoms with van der Waals surface area (Å²) >= 11 is 0. The normalized spacial score (nSPS) is 10.5. The molecule has 0 atom stereocenters. The van der Waals surface area contributed by atoms with Gasteiger partial charge in [0.2, 0.25) is 11.8 Å². The fourth-order valence-corrected chi connectivity index (χ4v) is 2.38. The Bertz CT molecular complexity index is 569. The zero-order valence-corrected chi connectivity index (χ0v) is 16.9. The van der Waals surface area contributed by atoms with E-state index in [9.17, 15) is 9.59 Å². The molecule has 0 bridgehead atoms. The molecule has 0 spiro atoms. The lowest BCUT2D eigenvalue weighted by Gasteiger charge is -2.21. The lowest BCUT2D eigenvalue weighted by Crippen LogP contribution is -2.36. The third-order valence-corrected chi connectivity index (χ3v) is 3.86. The average Bonchev–Trinajstić information content (AvgIpc) is 2.74. The van der Waals surface area contributed by atoms with Gasteiger partial charge in [0.05, 0.1) is 6.07 Å². The molecule has 1 aromatic heterocycles. The van der Waals surface area contributed by atoms with E-state index in [1.807, 2.05) is 0 Å². The lowest BCUT2D eigenvalue weighted by atomic mass is 10.3. The number of carbonyl (C=O) groups excluding carboxylic acids is 2. The van der Waals surface area contributed by atoms with E-state index >= 15 is 0 Å². The van der Waals surface area contributed by atoms with Crippen LogP contribution >= 0.6 is 0 Å². The number of carbonyl (C=O) groups is 2. The smallest absolute Gasteiger partial charge is 0.396 e. The summed E-state index contributed by atoms with van der Waals surface area (Å²) in [6.45, 7) is 0.581. The number of hydrogen-bond acceptors (Lipinski definition) is 10. The molecule has 2 amide bonds. The standard InChI is InChI=1S/C18H30N4O8/c23-9-1-5-21(6-2-10-24)17(27)29-15-13-16(20-14-19-15)30-18(28)22(7-3-11-25)8-4-12-26/h13-14,23-26H,1-12H2. The number of aliphatic hydroxyl groups is 4. The Balaban J connectivity index is 2.75. The first-order chi connectivity index (χ1) is 14.5. The lowest BCUT2D eigenvalue weighted by molar-refractivity contribution is 0.138. The third-order valence-electron chi connectivity index (χ3n) is 3.86. The van der Waals surface area contributed by atoms with Gasteiger partial charge in [0.1, 0.15) is 6.33 Å². The minimum Gasteiger partial charge on any atom is -0.396 e. The van der Waals surface area contributed by atoms with Crippen LogP contribution in [0.2, 0.25) is 0 Å². The molecule has 0 fully saturated rings. The van der Waals surface area contributed by atoms with Crippen molar-refractivity contribution < 1.29 is 39.5 Å². The van der Waals surface area contributed by atoms with Gasteiger partial charge in [0, 0.05) is 52.6 Å². The highest BCUT2D eigenvalue weighted by atomic mass is 16.6. The molecule has 1 aromatic rings. The van der Waals surface area contributed by atoms with Gasteiger partial charge in [-0.15, -0.1) is 0 Å². The SMILES string of the molecule is O=C(Oc1cc(OC(=O)N(CCCO)CCCO)ncn1)N(CCCO)CCCO. The molecule has 0 radical (unpaired) electrons. The summed E-state index contributed by atoms with van der Waals surface area (Å²) in [6, 6.07) is 1.18. The largest absolute Gasteiger partial charge is 0.416 e. The van der Waals surface area contributed by atoms with Crippen molar-refractivity contribution in [3.8, 4) is 11.8 Å². The molecule has 0 saturated heterocycles. The van der Waals surface area contributed by atoms with Crippen LogP contribution in [-0.2, 0) is 0 Å². The Morgan fingerprint density at radius 3 is 1.33 bits per heavy atom. The Hall–Kier alpha value is -2.54. The molecular weight excluding hydrogens is 400 g/mol. The van der Waals surface area contributed by atoms with Gasteiger partial charge in [-0.05, 0) is 25.7 Å². The van der Waals surface area contributed by atoms with Crippen LogP contribution in [0.1, 0.15) is 25.7 Å². The summed E-state index contributed by atoms with van der Waals surface area (Å²) in [6.07, 6.45) is 1.04. The maximum Gasteiger partial charge on any atom is 0.416 e. The summed E-state index contributed by atoms with van der Waals surface area (Å²) in [7, 11) is 0. The molecule has 0 saturated carbocycles. The van der Waals surface area contributed by atoms with Gasteiger partial charge in [0.15, 0.2) is 0 Å². The first-order valence-corrected chi connectivity index (χ1v) is 9.74. The zero-order chi connectivity index (χ0) is 22.2. The van der Waals surface area contributed by atoms with Crippen molar-refractivity contribution in [2.75, 3.05) is 52.6 Å². The highest BCUT2D eigenvalue weighted by molar-refractivity contribution is 5.71. The topological polar surface area (TPSA) is 166 Å². The minimum absolute atomic E-state index is 0.0976. The molecular formula is C18H30N4O8. The van der Waals surface area contributed by atoms with Crippen molar-refractivity contribution >= 4 is 12.2 Å². The quantitative estimate of drug-likeness (QED) is 0.305. The second kappa shape index (κ2) is 15.3. The second-order valence-corrected chi connectivity index (χ2v) is 6.21. The van der Waals surface area contributed by atoms with Gasteiger partial charge in [-0.1, -0.05) is 0 Å². The highest BCUT2D eigenvalue weighted by Gasteiger charge is 2.19. The molecule has 0 aliphatic rings. The van der Waals surface area contributed by atoms with Crippen LogP contribution in [0.4, 0.5) is 9.59 Å². The van der Waals surface area contributed by atoms with Crippen LogP contribution in [0.5, 0.6) is 11.8 Å². The van der Waals surface area contributed by atoms with Crippen molar-refractivity contribution in [2.45, 2.75) is 25.7 Å². The van der Waals surface area contributed by atoms with Gasteiger partial charge in [-0.3, -0.25) is 0 Å². The molecule has 0 aromatic carbocycles. The number of ether oxygens (including phenoxy) is 2. The molecule has 12 nitrogen and oxygen atoms in total. The molecule has 1 rings (SSSR count). The highest BCUT2D eigenvalue weighted by Crippen LogP contribution is 2.16. The van der Waals surface area contributed by atoms with Gasteiger partial charge in [0.25, 0.3) is 0 Å². The fraction of sp³-hybridized carbons (Fsp3) is 0.667. The van der Waals surface area contributed by atoms with Crippen molar-refractivity contribution in [1.29, 1.82) is 0 Å². The maximum atomic E-state index is 12.3. The predicted molar refractivity (Wildman–Crippen MR) is 104 cm³/mol. The van der Waals surface area contributed by atoms with Crippen molar-refractivity contribution in [2.24, 2.45) is 0 Å². The molecule has 0 unspecified atom stereocenters. The first-order valence-electron chi connectivity index (χ1n) is 9.74. The molecule has 0 aliphatic carbocycles. The first kappa shape index (κ1) is 25.5. The van der Waals surface area contributed by atoms with Crippen molar-refractivity contribution in [3.63, 3.8) is 0 Å². The Morgan fingerprint density at radius 1 is 0.700 bits per heavy atom. The molecule has 1 heterocycles. The van der Waals surface area contributed by atoms with E-state index in [1.54, 1.807) is 0 Å². The molecule has 12 heteroatoms. The van der Waals surface area contributed by atoms with Crippen LogP contribution in [0.25, 0.3) is 0 Å². The summed E-state index contributed by atoms with van der Waals surface area (Å²) in [5.41, 5.74) is 0. The minimum atomic E-state index is -0.722. The van der Waals surface area contributed by atoms with E-state index in [0.717, 1.165) is 6.33 Å². The molecule has 170 valence electrons. The Kier molecular flexibility index (Phi) is 13.0. The van der Waals surface area contributed by atoms with E-state index in [0.29, 0.717) is 25.7 Å². The number of amides is 2. The van der Waals surface area contributed by atoms with Crippen LogP contribution in [-0.4, -0.2) is 105 Å². The van der Waals surface area contributed by atoms with E-state index in [-0.39, 0.29) is 64.4 Å². The maximum absolute atomic E-state index is 12.3. The van der Waals surface area contributed by atoms with Crippen LogP contribution < -0.4 is 9.47 Å². The number of aliphatic hydroxyl groups excluding tert-OH is 4. The van der Waals surface area contributed by atoms with E-state index in [1.165, 1.54) is 15.9 Å². The number of nitrogens with zero attached hydrogens (tertiary/aromatic N) is 4. The average molecular weight is 430 g/mol.